The molecular weight excluding hydrogens is 426 g/mol. The minimum Gasteiger partial charge on any atom is -0.490 e. The number of ether oxygens (including phenoxy) is 3. The molecule has 1 saturated carbocycles. The van der Waals surface area contributed by atoms with Gasteiger partial charge < -0.3 is 19.1 Å². The van der Waals surface area contributed by atoms with E-state index >= 15 is 0 Å². The first kappa shape index (κ1) is 24.9. The molecular formula is C28H41N3O3. The topological polar surface area (TPSA) is 56.7 Å². The number of nitrogens with zero attached hydrogens (tertiary/aromatic N) is 3. The fourth-order valence-electron chi connectivity index (χ4n) is 5.11. The van der Waals surface area contributed by atoms with Crippen LogP contribution in [-0.4, -0.2) is 61.2 Å². The summed E-state index contributed by atoms with van der Waals surface area (Å²) in [6, 6.07) is 10.5. The predicted octanol–water partition coefficient (Wildman–Crippen LogP) is 5.54. The molecule has 0 amide bonds. The van der Waals surface area contributed by atoms with Gasteiger partial charge in [-0.1, -0.05) is 31.9 Å². The van der Waals surface area contributed by atoms with Crippen LogP contribution in [0.25, 0.3) is 11.1 Å². The van der Waals surface area contributed by atoms with Gasteiger partial charge in [0, 0.05) is 31.2 Å². The van der Waals surface area contributed by atoms with Crippen molar-refractivity contribution in [2.24, 2.45) is 5.92 Å². The van der Waals surface area contributed by atoms with E-state index in [0.717, 1.165) is 61.3 Å². The van der Waals surface area contributed by atoms with Crippen molar-refractivity contribution < 1.29 is 14.2 Å². The Kier molecular flexibility index (Phi) is 9.17. The lowest BCUT2D eigenvalue weighted by molar-refractivity contribution is -0.0197. The Hall–Kier alpha value is -2.18. The van der Waals surface area contributed by atoms with E-state index in [9.17, 15) is 0 Å². The molecule has 2 aromatic rings. The highest BCUT2D eigenvalue weighted by molar-refractivity contribution is 5.67. The third-order valence-electron chi connectivity index (χ3n) is 7.28. The van der Waals surface area contributed by atoms with Gasteiger partial charge >= 0.3 is 0 Å². The molecule has 4 rings (SSSR count). The minimum atomic E-state index is 0.187. The standard InChI is InChI=1S/C28H41N3O3/c1-4-5-11-26-25(21-12-14-24(15-13-21)34-23-9-7-6-8-10-23)18-28(30-29-26)33-20-22-16-17-31(2)19-27(22)32-3/h12-15,18,22-23,27H,4-11,16-17,19-20H2,1-3H3/t22-,27-/m1/s1. The summed E-state index contributed by atoms with van der Waals surface area (Å²) in [5.74, 6) is 1.91. The highest BCUT2D eigenvalue weighted by Gasteiger charge is 2.28. The molecule has 1 aliphatic carbocycles. The Morgan fingerprint density at radius 3 is 2.56 bits per heavy atom. The van der Waals surface area contributed by atoms with Crippen molar-refractivity contribution in [2.75, 3.05) is 33.9 Å². The normalized spacial score (nSPS) is 22.0. The predicted molar refractivity (Wildman–Crippen MR) is 135 cm³/mol. The van der Waals surface area contributed by atoms with Gasteiger partial charge in [0.15, 0.2) is 0 Å². The van der Waals surface area contributed by atoms with E-state index in [2.05, 4.69) is 59.4 Å². The number of hydrogen-bond acceptors (Lipinski definition) is 6. The Labute approximate surface area is 205 Å². The molecule has 0 N–H and O–H groups in total. The second-order valence-corrected chi connectivity index (χ2v) is 9.94. The van der Waals surface area contributed by atoms with Crippen LogP contribution < -0.4 is 9.47 Å². The fourth-order valence-corrected chi connectivity index (χ4v) is 5.11. The molecule has 2 fully saturated rings. The summed E-state index contributed by atoms with van der Waals surface area (Å²) < 4.78 is 18.1. The van der Waals surface area contributed by atoms with Crippen LogP contribution in [0.2, 0.25) is 0 Å². The molecule has 6 nitrogen and oxygen atoms in total. The first-order valence-corrected chi connectivity index (χ1v) is 13.1. The second kappa shape index (κ2) is 12.5. The van der Waals surface area contributed by atoms with Crippen LogP contribution in [0.15, 0.2) is 30.3 Å². The van der Waals surface area contributed by atoms with Gasteiger partial charge in [-0.3, -0.25) is 0 Å². The molecule has 1 aromatic heterocycles. The molecule has 186 valence electrons. The lowest BCUT2D eigenvalue weighted by Gasteiger charge is -2.35. The van der Waals surface area contributed by atoms with Gasteiger partial charge in [0.25, 0.3) is 0 Å². The number of piperidine rings is 1. The minimum absolute atomic E-state index is 0.187. The molecule has 2 aliphatic rings. The Bertz CT molecular complexity index is 883. The van der Waals surface area contributed by atoms with Crippen molar-refractivity contribution in [1.82, 2.24) is 15.1 Å². The maximum absolute atomic E-state index is 6.23. The van der Waals surface area contributed by atoms with Crippen LogP contribution in [0.4, 0.5) is 0 Å². The van der Waals surface area contributed by atoms with E-state index in [1.807, 2.05) is 0 Å². The highest BCUT2D eigenvalue weighted by Crippen LogP contribution is 2.30. The van der Waals surface area contributed by atoms with Crippen LogP contribution in [-0.2, 0) is 11.2 Å². The van der Waals surface area contributed by atoms with E-state index in [4.69, 9.17) is 14.2 Å². The van der Waals surface area contributed by atoms with Crippen molar-refractivity contribution in [1.29, 1.82) is 0 Å². The molecule has 2 atom stereocenters. The van der Waals surface area contributed by atoms with Crippen molar-refractivity contribution in [3.63, 3.8) is 0 Å². The number of benzene rings is 1. The molecule has 34 heavy (non-hydrogen) atoms. The van der Waals surface area contributed by atoms with Gasteiger partial charge in [0.1, 0.15) is 5.75 Å². The highest BCUT2D eigenvalue weighted by atomic mass is 16.5. The number of aromatic nitrogens is 2. The number of hydrogen-bond donors (Lipinski definition) is 0. The van der Waals surface area contributed by atoms with Crippen molar-refractivity contribution in [2.45, 2.75) is 76.9 Å². The van der Waals surface area contributed by atoms with E-state index in [0.29, 0.717) is 24.5 Å². The van der Waals surface area contributed by atoms with E-state index < -0.39 is 0 Å². The second-order valence-electron chi connectivity index (χ2n) is 9.94. The van der Waals surface area contributed by atoms with Crippen LogP contribution in [0.1, 0.15) is 64.0 Å². The molecule has 1 saturated heterocycles. The number of likely N-dealkylation sites (tertiary alicyclic amines) is 1. The van der Waals surface area contributed by atoms with Gasteiger partial charge in [-0.2, -0.15) is 5.10 Å². The average Bonchev–Trinajstić information content (AvgIpc) is 2.88. The van der Waals surface area contributed by atoms with Crippen molar-refractivity contribution >= 4 is 0 Å². The van der Waals surface area contributed by atoms with Gasteiger partial charge in [0.05, 0.1) is 24.5 Å². The summed E-state index contributed by atoms with van der Waals surface area (Å²) in [7, 11) is 3.93. The molecule has 6 heteroatoms. The van der Waals surface area contributed by atoms with Crippen molar-refractivity contribution in [3.8, 4) is 22.8 Å². The summed E-state index contributed by atoms with van der Waals surface area (Å²) in [6.45, 7) is 4.81. The molecule has 0 unspecified atom stereocenters. The van der Waals surface area contributed by atoms with E-state index in [1.165, 1.54) is 32.1 Å². The Morgan fingerprint density at radius 2 is 1.82 bits per heavy atom. The zero-order valence-corrected chi connectivity index (χ0v) is 21.2. The van der Waals surface area contributed by atoms with Gasteiger partial charge in [-0.05, 0) is 76.2 Å². The van der Waals surface area contributed by atoms with Gasteiger partial charge in [-0.15, -0.1) is 5.10 Å². The van der Waals surface area contributed by atoms with Gasteiger partial charge in [0.2, 0.25) is 5.88 Å². The monoisotopic (exact) mass is 467 g/mol. The number of rotatable bonds is 10. The zero-order chi connectivity index (χ0) is 23.8. The molecule has 0 bridgehead atoms. The van der Waals surface area contributed by atoms with Crippen LogP contribution in [0.3, 0.4) is 0 Å². The summed E-state index contributed by atoms with van der Waals surface area (Å²) >= 11 is 0. The number of aryl methyl sites for hydroxylation is 1. The SMILES string of the molecule is CCCCc1nnc(OC[C@H]2CCN(C)C[C@H]2OC)cc1-c1ccc(OC2CCCCC2)cc1. The van der Waals surface area contributed by atoms with Crippen LogP contribution in [0, 0.1) is 5.92 Å². The number of unbranched alkanes of at least 4 members (excludes halogenated alkanes) is 1. The largest absolute Gasteiger partial charge is 0.490 e. The zero-order valence-electron chi connectivity index (χ0n) is 21.2. The summed E-state index contributed by atoms with van der Waals surface area (Å²) in [5, 5.41) is 8.99. The first-order chi connectivity index (χ1) is 16.7. The van der Waals surface area contributed by atoms with Crippen LogP contribution >= 0.6 is 0 Å². The third-order valence-corrected chi connectivity index (χ3v) is 7.28. The number of likely N-dealkylation sites (N-methyl/N-ethyl adjacent to an activating group) is 1. The molecule has 1 aromatic carbocycles. The third kappa shape index (κ3) is 6.70. The molecule has 0 radical (unpaired) electrons. The van der Waals surface area contributed by atoms with Crippen molar-refractivity contribution in [3.05, 3.63) is 36.0 Å². The average molecular weight is 468 g/mol. The molecule has 2 heterocycles. The molecule has 0 spiro atoms. The maximum Gasteiger partial charge on any atom is 0.234 e. The first-order valence-electron chi connectivity index (χ1n) is 13.1. The van der Waals surface area contributed by atoms with Crippen LogP contribution in [0.5, 0.6) is 11.6 Å². The lowest BCUT2D eigenvalue weighted by atomic mass is 9.95. The quantitative estimate of drug-likeness (QED) is 0.457. The van der Waals surface area contributed by atoms with E-state index in [1.54, 1.807) is 7.11 Å². The number of methoxy groups -OCH3 is 1. The Balaban J connectivity index is 1.46. The Morgan fingerprint density at radius 1 is 1.03 bits per heavy atom. The summed E-state index contributed by atoms with van der Waals surface area (Å²) in [6.07, 6.45) is 11.0. The smallest absolute Gasteiger partial charge is 0.234 e. The molecule has 1 aliphatic heterocycles. The maximum atomic E-state index is 6.23. The fraction of sp³-hybridized carbons (Fsp3) is 0.643. The summed E-state index contributed by atoms with van der Waals surface area (Å²) in [5.41, 5.74) is 3.27. The lowest BCUT2D eigenvalue weighted by Crippen LogP contribution is -2.44. The van der Waals surface area contributed by atoms with Gasteiger partial charge in [-0.25, -0.2) is 0 Å². The summed E-state index contributed by atoms with van der Waals surface area (Å²) in [4.78, 5) is 2.31. The van der Waals surface area contributed by atoms with E-state index in [-0.39, 0.29) is 6.10 Å².